The Morgan fingerprint density at radius 3 is 2.58 bits per heavy atom. The van der Waals surface area contributed by atoms with Crippen LogP contribution in [0.3, 0.4) is 0 Å². The quantitative estimate of drug-likeness (QED) is 0.800. The van der Waals surface area contributed by atoms with Gasteiger partial charge in [-0.25, -0.2) is 4.39 Å². The molecule has 1 fully saturated rings. The first-order valence-electron chi connectivity index (χ1n) is 6.43. The molecule has 1 saturated heterocycles. The van der Waals surface area contributed by atoms with Crippen molar-refractivity contribution in [2.24, 2.45) is 0 Å². The first-order chi connectivity index (χ1) is 8.95. The van der Waals surface area contributed by atoms with Gasteiger partial charge in [0.05, 0.1) is 12.2 Å². The molecule has 2 atom stereocenters. The maximum absolute atomic E-state index is 13.5. The Balaban J connectivity index is 2.02. The van der Waals surface area contributed by atoms with Crippen molar-refractivity contribution in [1.29, 1.82) is 0 Å². The molecule has 0 amide bonds. The minimum atomic E-state index is -0.225. The van der Waals surface area contributed by atoms with Crippen molar-refractivity contribution in [3.05, 3.63) is 29.6 Å². The topological polar surface area (TPSA) is 24.5 Å². The number of hydrogen-bond donors (Lipinski definition) is 1. The van der Waals surface area contributed by atoms with E-state index in [4.69, 9.17) is 17.0 Å². The second-order valence-corrected chi connectivity index (χ2v) is 5.44. The molecule has 104 valence electrons. The van der Waals surface area contributed by atoms with Gasteiger partial charge in [0.2, 0.25) is 0 Å². The molecule has 19 heavy (non-hydrogen) atoms. The van der Waals surface area contributed by atoms with Crippen LogP contribution in [0.15, 0.2) is 18.2 Å². The standard InChI is InChI=1S/C14H19FN2OS/c1-9-4-5-12(6-13(9)15)16-14(19)17-7-10(2)18-11(3)8-17/h4-6,10-11H,7-8H2,1-3H3,(H,16,19)/t10-,11-/m0/s1. The van der Waals surface area contributed by atoms with Crippen LogP contribution < -0.4 is 5.32 Å². The van der Waals surface area contributed by atoms with E-state index in [1.165, 1.54) is 6.07 Å². The molecule has 0 saturated carbocycles. The lowest BCUT2D eigenvalue weighted by Crippen LogP contribution is -2.49. The van der Waals surface area contributed by atoms with Gasteiger partial charge in [-0.1, -0.05) is 6.07 Å². The van der Waals surface area contributed by atoms with Crippen LogP contribution in [0.5, 0.6) is 0 Å². The Morgan fingerprint density at radius 2 is 2.00 bits per heavy atom. The summed E-state index contributed by atoms with van der Waals surface area (Å²) >= 11 is 5.37. The monoisotopic (exact) mass is 282 g/mol. The fourth-order valence-electron chi connectivity index (χ4n) is 2.22. The lowest BCUT2D eigenvalue weighted by atomic mass is 10.2. The number of nitrogens with one attached hydrogen (secondary N) is 1. The van der Waals surface area contributed by atoms with Crippen LogP contribution >= 0.6 is 12.2 Å². The van der Waals surface area contributed by atoms with Gasteiger partial charge in [0, 0.05) is 18.8 Å². The van der Waals surface area contributed by atoms with Crippen molar-refractivity contribution >= 4 is 23.0 Å². The number of nitrogens with zero attached hydrogens (tertiary/aromatic N) is 1. The summed E-state index contributed by atoms with van der Waals surface area (Å²) < 4.78 is 19.1. The van der Waals surface area contributed by atoms with Crippen molar-refractivity contribution in [1.82, 2.24) is 4.90 Å². The van der Waals surface area contributed by atoms with Gasteiger partial charge >= 0.3 is 0 Å². The van der Waals surface area contributed by atoms with Gasteiger partial charge in [-0.05, 0) is 50.7 Å². The number of benzene rings is 1. The van der Waals surface area contributed by atoms with E-state index in [0.717, 1.165) is 13.1 Å². The number of rotatable bonds is 1. The normalized spacial score (nSPS) is 23.3. The van der Waals surface area contributed by atoms with E-state index in [-0.39, 0.29) is 18.0 Å². The number of anilines is 1. The zero-order valence-electron chi connectivity index (χ0n) is 11.4. The molecule has 1 aliphatic heterocycles. The summed E-state index contributed by atoms with van der Waals surface area (Å²) in [5.74, 6) is -0.225. The molecule has 0 spiro atoms. The summed E-state index contributed by atoms with van der Waals surface area (Å²) in [6.45, 7) is 7.30. The SMILES string of the molecule is Cc1ccc(NC(=S)N2C[C@H](C)O[C@@H](C)C2)cc1F. The van der Waals surface area contributed by atoms with Crippen LogP contribution in [-0.4, -0.2) is 35.3 Å². The molecule has 0 unspecified atom stereocenters. The van der Waals surface area contributed by atoms with Crippen LogP contribution in [0.1, 0.15) is 19.4 Å². The van der Waals surface area contributed by atoms with Crippen molar-refractivity contribution < 1.29 is 9.13 Å². The third kappa shape index (κ3) is 3.64. The largest absolute Gasteiger partial charge is 0.372 e. The van der Waals surface area contributed by atoms with Crippen molar-refractivity contribution in [3.63, 3.8) is 0 Å². The van der Waals surface area contributed by atoms with E-state index in [1.54, 1.807) is 13.0 Å². The molecule has 5 heteroatoms. The van der Waals surface area contributed by atoms with Gasteiger partial charge in [0.1, 0.15) is 5.82 Å². The number of morpholine rings is 1. The Bertz CT molecular complexity index is 471. The van der Waals surface area contributed by atoms with Gasteiger partial charge < -0.3 is 15.0 Å². The van der Waals surface area contributed by atoms with E-state index >= 15 is 0 Å². The highest BCUT2D eigenvalue weighted by Gasteiger charge is 2.23. The third-order valence-electron chi connectivity index (χ3n) is 3.13. The second-order valence-electron chi connectivity index (χ2n) is 5.06. The molecule has 1 heterocycles. The van der Waals surface area contributed by atoms with Crippen LogP contribution in [0.4, 0.5) is 10.1 Å². The molecule has 1 aromatic carbocycles. The Hall–Kier alpha value is -1.20. The summed E-state index contributed by atoms with van der Waals surface area (Å²) in [4.78, 5) is 2.06. The summed E-state index contributed by atoms with van der Waals surface area (Å²) in [5.41, 5.74) is 1.31. The van der Waals surface area contributed by atoms with E-state index in [1.807, 2.05) is 19.9 Å². The lowest BCUT2D eigenvalue weighted by Gasteiger charge is -2.36. The Kier molecular flexibility index (Phi) is 4.37. The average molecular weight is 282 g/mol. The number of hydrogen-bond acceptors (Lipinski definition) is 2. The fourth-order valence-corrected chi connectivity index (χ4v) is 2.48. The summed E-state index contributed by atoms with van der Waals surface area (Å²) in [7, 11) is 0. The number of ether oxygens (including phenoxy) is 1. The summed E-state index contributed by atoms with van der Waals surface area (Å²) in [6.07, 6.45) is 0.302. The Labute approximate surface area is 118 Å². The minimum Gasteiger partial charge on any atom is -0.372 e. The summed E-state index contributed by atoms with van der Waals surface area (Å²) in [6, 6.07) is 5.04. The van der Waals surface area contributed by atoms with E-state index in [9.17, 15) is 4.39 Å². The van der Waals surface area contributed by atoms with E-state index in [0.29, 0.717) is 16.4 Å². The van der Waals surface area contributed by atoms with Crippen molar-refractivity contribution in [3.8, 4) is 0 Å². The van der Waals surface area contributed by atoms with Crippen LogP contribution in [0.25, 0.3) is 0 Å². The van der Waals surface area contributed by atoms with Crippen LogP contribution in [0, 0.1) is 12.7 Å². The third-order valence-corrected chi connectivity index (χ3v) is 3.49. The van der Waals surface area contributed by atoms with Gasteiger partial charge in [0.25, 0.3) is 0 Å². The summed E-state index contributed by atoms with van der Waals surface area (Å²) in [5, 5.41) is 3.70. The first-order valence-corrected chi connectivity index (χ1v) is 6.84. The molecule has 1 N–H and O–H groups in total. The van der Waals surface area contributed by atoms with Crippen LogP contribution in [0.2, 0.25) is 0 Å². The first kappa shape index (κ1) is 14.2. The number of aryl methyl sites for hydroxylation is 1. The number of halogens is 1. The lowest BCUT2D eigenvalue weighted by molar-refractivity contribution is -0.0473. The van der Waals surface area contributed by atoms with E-state index in [2.05, 4.69) is 10.2 Å². The van der Waals surface area contributed by atoms with Gasteiger partial charge in [0.15, 0.2) is 5.11 Å². The minimum absolute atomic E-state index is 0.151. The van der Waals surface area contributed by atoms with E-state index < -0.39 is 0 Å². The van der Waals surface area contributed by atoms with Crippen LogP contribution in [-0.2, 0) is 4.74 Å². The molecule has 1 aliphatic rings. The Morgan fingerprint density at radius 1 is 1.37 bits per heavy atom. The molecular weight excluding hydrogens is 263 g/mol. The zero-order chi connectivity index (χ0) is 14.0. The molecule has 0 radical (unpaired) electrons. The van der Waals surface area contributed by atoms with Crippen molar-refractivity contribution in [2.45, 2.75) is 33.0 Å². The molecule has 1 aromatic rings. The average Bonchev–Trinajstić information content (AvgIpc) is 2.32. The highest BCUT2D eigenvalue weighted by atomic mass is 32.1. The highest BCUT2D eigenvalue weighted by molar-refractivity contribution is 7.80. The van der Waals surface area contributed by atoms with Crippen molar-refractivity contribution in [2.75, 3.05) is 18.4 Å². The van der Waals surface area contributed by atoms with Gasteiger partial charge in [-0.3, -0.25) is 0 Å². The smallest absolute Gasteiger partial charge is 0.173 e. The maximum Gasteiger partial charge on any atom is 0.173 e. The second kappa shape index (κ2) is 5.84. The fraction of sp³-hybridized carbons (Fsp3) is 0.500. The predicted molar refractivity (Wildman–Crippen MR) is 78.9 cm³/mol. The van der Waals surface area contributed by atoms with Gasteiger partial charge in [-0.2, -0.15) is 0 Å². The molecular formula is C14H19FN2OS. The zero-order valence-corrected chi connectivity index (χ0v) is 12.3. The number of thiocarbonyl (C=S) groups is 1. The molecule has 0 bridgehead atoms. The maximum atomic E-state index is 13.5. The molecule has 0 aromatic heterocycles. The van der Waals surface area contributed by atoms with Gasteiger partial charge in [-0.15, -0.1) is 0 Å². The predicted octanol–water partition coefficient (Wildman–Crippen LogP) is 2.94. The highest BCUT2D eigenvalue weighted by Crippen LogP contribution is 2.16. The molecule has 0 aliphatic carbocycles. The molecule has 3 nitrogen and oxygen atoms in total. The molecule has 2 rings (SSSR count).